The lowest BCUT2D eigenvalue weighted by atomic mass is 10.1. The average Bonchev–Trinajstić information content (AvgIpc) is 2.77. The molecular formula is C12H10BrN5O. The lowest BCUT2D eigenvalue weighted by molar-refractivity contribution is -0.117. The first kappa shape index (κ1) is 13.4. The Kier molecular flexibility index (Phi) is 4.05. The number of hydrogen-bond donors (Lipinski definition) is 0. The first-order valence-electron chi connectivity index (χ1n) is 5.66. The van der Waals surface area contributed by atoms with Gasteiger partial charge in [0.2, 0.25) is 5.91 Å². The Bertz CT molecular complexity index is 603. The van der Waals surface area contributed by atoms with E-state index in [4.69, 9.17) is 10.8 Å². The zero-order valence-electron chi connectivity index (χ0n) is 9.95. The molecule has 0 radical (unpaired) electrons. The Morgan fingerprint density at radius 3 is 3.05 bits per heavy atom. The van der Waals surface area contributed by atoms with Crippen LogP contribution in [0.15, 0.2) is 27.8 Å². The normalized spacial score (nSPS) is 18.0. The van der Waals surface area contributed by atoms with Gasteiger partial charge in [0, 0.05) is 34.6 Å². The van der Waals surface area contributed by atoms with Crippen LogP contribution in [0.3, 0.4) is 0 Å². The number of nitrogens with zero attached hydrogens (tertiary/aromatic N) is 5. The third-order valence-electron chi connectivity index (χ3n) is 2.99. The molecule has 1 aliphatic rings. The number of carbonyl (C=O) groups excluding carboxylic acids is 1. The van der Waals surface area contributed by atoms with Gasteiger partial charge in [0.25, 0.3) is 0 Å². The number of hydrogen-bond acceptors (Lipinski definition) is 3. The van der Waals surface area contributed by atoms with Crippen LogP contribution in [0.4, 0.5) is 5.69 Å². The lowest BCUT2D eigenvalue weighted by Crippen LogP contribution is -2.24. The van der Waals surface area contributed by atoms with Crippen LogP contribution in [0.1, 0.15) is 12.0 Å². The van der Waals surface area contributed by atoms with E-state index in [1.807, 2.05) is 0 Å². The lowest BCUT2D eigenvalue weighted by Gasteiger charge is -2.17. The maximum Gasteiger partial charge on any atom is 0.227 e. The molecule has 0 N–H and O–H groups in total. The molecule has 1 aromatic carbocycles. The number of azide groups is 1. The number of nitriles is 1. The molecule has 2 rings (SSSR count). The van der Waals surface area contributed by atoms with E-state index >= 15 is 0 Å². The maximum atomic E-state index is 11.9. The summed E-state index contributed by atoms with van der Waals surface area (Å²) in [6.45, 7) is 0.867. The molecule has 0 saturated carbocycles. The summed E-state index contributed by atoms with van der Waals surface area (Å²) < 4.78 is 0.666. The van der Waals surface area contributed by atoms with E-state index in [0.717, 1.165) is 5.69 Å². The highest BCUT2D eigenvalue weighted by Gasteiger charge is 2.30. The highest BCUT2D eigenvalue weighted by Crippen LogP contribution is 2.29. The second kappa shape index (κ2) is 5.74. The molecule has 1 atom stereocenters. The molecule has 0 bridgehead atoms. The van der Waals surface area contributed by atoms with Crippen molar-refractivity contribution in [3.8, 4) is 6.07 Å². The number of benzene rings is 1. The Hall–Kier alpha value is -2.03. The van der Waals surface area contributed by atoms with Crippen LogP contribution in [0.25, 0.3) is 10.4 Å². The first-order chi connectivity index (χ1) is 9.15. The number of carbonyl (C=O) groups is 1. The minimum absolute atomic E-state index is 0.00903. The summed E-state index contributed by atoms with van der Waals surface area (Å²) >= 11 is 3.30. The number of anilines is 1. The van der Waals surface area contributed by atoms with Crippen LogP contribution < -0.4 is 4.90 Å². The van der Waals surface area contributed by atoms with E-state index < -0.39 is 0 Å². The quantitative estimate of drug-likeness (QED) is 0.486. The van der Waals surface area contributed by atoms with E-state index in [1.165, 1.54) is 0 Å². The molecule has 0 spiro atoms. The van der Waals surface area contributed by atoms with Gasteiger partial charge in [-0.3, -0.25) is 4.79 Å². The summed E-state index contributed by atoms with van der Waals surface area (Å²) in [4.78, 5) is 16.3. The van der Waals surface area contributed by atoms with Gasteiger partial charge >= 0.3 is 0 Å². The van der Waals surface area contributed by atoms with Crippen molar-refractivity contribution in [1.29, 1.82) is 5.26 Å². The van der Waals surface area contributed by atoms with Crippen molar-refractivity contribution in [2.75, 3.05) is 18.0 Å². The van der Waals surface area contributed by atoms with Gasteiger partial charge in [0.05, 0.1) is 5.56 Å². The van der Waals surface area contributed by atoms with Gasteiger partial charge in [-0.2, -0.15) is 5.26 Å². The monoisotopic (exact) mass is 319 g/mol. The molecular weight excluding hydrogens is 310 g/mol. The van der Waals surface area contributed by atoms with Crippen LogP contribution in [-0.4, -0.2) is 19.0 Å². The summed E-state index contributed by atoms with van der Waals surface area (Å²) in [5, 5.41) is 12.4. The smallest absolute Gasteiger partial charge is 0.227 e. The number of amides is 1. The standard InChI is InChI=1S/C12H10BrN5O/c13-11-4-10(2-1-9(11)5-14)18-7-8(3-12(18)19)6-16-17-15/h1-2,4,8H,3,6-7H2. The molecule has 0 aliphatic carbocycles. The topological polar surface area (TPSA) is 92.9 Å². The van der Waals surface area contributed by atoms with Gasteiger partial charge < -0.3 is 4.90 Å². The molecule has 96 valence electrons. The van der Waals surface area contributed by atoms with Crippen molar-refractivity contribution in [2.45, 2.75) is 6.42 Å². The van der Waals surface area contributed by atoms with E-state index in [2.05, 4.69) is 32.0 Å². The van der Waals surface area contributed by atoms with Crippen molar-refractivity contribution in [3.63, 3.8) is 0 Å². The van der Waals surface area contributed by atoms with Gasteiger partial charge in [-0.05, 0) is 45.6 Å². The predicted molar refractivity (Wildman–Crippen MR) is 73.3 cm³/mol. The summed E-state index contributed by atoms with van der Waals surface area (Å²) in [7, 11) is 0. The summed E-state index contributed by atoms with van der Waals surface area (Å²) in [6.07, 6.45) is 0.386. The zero-order valence-corrected chi connectivity index (χ0v) is 11.5. The predicted octanol–water partition coefficient (Wildman–Crippen LogP) is 2.98. The molecule has 19 heavy (non-hydrogen) atoms. The highest BCUT2D eigenvalue weighted by atomic mass is 79.9. The van der Waals surface area contributed by atoms with Gasteiger partial charge in [0.15, 0.2) is 0 Å². The molecule has 1 saturated heterocycles. The first-order valence-corrected chi connectivity index (χ1v) is 6.46. The third kappa shape index (κ3) is 2.87. The van der Waals surface area contributed by atoms with E-state index in [0.29, 0.717) is 29.5 Å². The minimum Gasteiger partial charge on any atom is -0.312 e. The Morgan fingerprint density at radius 1 is 1.63 bits per heavy atom. The van der Waals surface area contributed by atoms with Crippen LogP contribution in [0.5, 0.6) is 0 Å². The summed E-state index contributed by atoms with van der Waals surface area (Å²) in [6, 6.07) is 7.23. The van der Waals surface area contributed by atoms with Crippen molar-refractivity contribution in [2.24, 2.45) is 11.0 Å². The SMILES string of the molecule is N#Cc1ccc(N2CC(CN=[N+]=[N-])CC2=O)cc1Br. The molecule has 7 heteroatoms. The molecule has 1 unspecified atom stereocenters. The molecule has 1 heterocycles. The number of rotatable bonds is 3. The molecule has 0 aromatic heterocycles. The summed E-state index contributed by atoms with van der Waals surface area (Å²) in [5.74, 6) is 0.0626. The zero-order chi connectivity index (χ0) is 13.8. The largest absolute Gasteiger partial charge is 0.312 e. The molecule has 1 amide bonds. The van der Waals surface area contributed by atoms with Crippen molar-refractivity contribution in [1.82, 2.24) is 0 Å². The second-order valence-corrected chi connectivity index (χ2v) is 5.12. The van der Waals surface area contributed by atoms with Crippen molar-refractivity contribution < 1.29 is 4.79 Å². The number of halogens is 1. The molecule has 6 nitrogen and oxygen atoms in total. The Morgan fingerprint density at radius 2 is 2.42 bits per heavy atom. The fraction of sp³-hybridized carbons (Fsp3) is 0.333. The van der Waals surface area contributed by atoms with Gasteiger partial charge in [-0.1, -0.05) is 5.11 Å². The van der Waals surface area contributed by atoms with Crippen LogP contribution >= 0.6 is 15.9 Å². The van der Waals surface area contributed by atoms with Crippen LogP contribution in [-0.2, 0) is 4.79 Å². The fourth-order valence-electron chi connectivity index (χ4n) is 2.07. The van der Waals surface area contributed by atoms with Crippen molar-refractivity contribution in [3.05, 3.63) is 38.7 Å². The van der Waals surface area contributed by atoms with Gasteiger partial charge in [-0.15, -0.1) is 0 Å². The maximum absolute atomic E-state index is 11.9. The van der Waals surface area contributed by atoms with Crippen LogP contribution in [0, 0.1) is 17.2 Å². The van der Waals surface area contributed by atoms with Gasteiger partial charge in [-0.25, -0.2) is 0 Å². The molecule has 1 fully saturated rings. The van der Waals surface area contributed by atoms with Gasteiger partial charge in [0.1, 0.15) is 6.07 Å². The third-order valence-corrected chi connectivity index (χ3v) is 3.65. The fourth-order valence-corrected chi connectivity index (χ4v) is 2.52. The molecule has 1 aliphatic heterocycles. The van der Waals surface area contributed by atoms with E-state index in [9.17, 15) is 4.79 Å². The average molecular weight is 320 g/mol. The van der Waals surface area contributed by atoms with E-state index in [-0.39, 0.29) is 11.8 Å². The second-order valence-electron chi connectivity index (χ2n) is 4.26. The highest BCUT2D eigenvalue weighted by molar-refractivity contribution is 9.10. The minimum atomic E-state index is 0.00903. The molecule has 1 aromatic rings. The summed E-state index contributed by atoms with van der Waals surface area (Å²) in [5.41, 5.74) is 9.57. The Balaban J connectivity index is 2.19. The Labute approximate surface area is 118 Å². The van der Waals surface area contributed by atoms with Crippen LogP contribution in [0.2, 0.25) is 0 Å². The van der Waals surface area contributed by atoms with E-state index in [1.54, 1.807) is 23.1 Å². The van der Waals surface area contributed by atoms with Crippen molar-refractivity contribution >= 4 is 27.5 Å².